The minimum Gasteiger partial charge on any atom is -0.266 e. The monoisotopic (exact) mass is 292 g/mol. The van der Waals surface area contributed by atoms with Crippen LogP contribution in [0.15, 0.2) is 33.6 Å². The van der Waals surface area contributed by atoms with Crippen LogP contribution in [0.5, 0.6) is 0 Å². The molecule has 0 saturated carbocycles. The fourth-order valence-corrected chi connectivity index (χ4v) is 2.54. The molecule has 5 heteroatoms. The maximum Gasteiger partial charge on any atom is 0.297 e. The van der Waals surface area contributed by atoms with Gasteiger partial charge in [0.15, 0.2) is 0 Å². The van der Waals surface area contributed by atoms with Gasteiger partial charge in [0.1, 0.15) is 0 Å². The van der Waals surface area contributed by atoms with Crippen molar-refractivity contribution in [3.05, 3.63) is 28.7 Å². The molecule has 0 fully saturated rings. The predicted molar refractivity (Wildman–Crippen MR) is 62.2 cm³/mol. The second kappa shape index (κ2) is 5.63. The van der Waals surface area contributed by atoms with Gasteiger partial charge in [0.2, 0.25) is 0 Å². The van der Waals surface area contributed by atoms with Gasteiger partial charge in [-0.3, -0.25) is 4.18 Å². The van der Waals surface area contributed by atoms with Gasteiger partial charge in [-0.25, -0.2) is 0 Å². The van der Waals surface area contributed by atoms with Crippen molar-refractivity contribution in [1.82, 2.24) is 0 Å². The zero-order chi connectivity index (χ0) is 11.3. The highest BCUT2D eigenvalue weighted by atomic mass is 79.9. The van der Waals surface area contributed by atoms with Gasteiger partial charge in [-0.2, -0.15) is 8.42 Å². The molecule has 0 aliphatic rings. The Labute approximate surface area is 98.7 Å². The summed E-state index contributed by atoms with van der Waals surface area (Å²) in [4.78, 5) is 0.188. The first-order valence-corrected chi connectivity index (χ1v) is 6.91. The van der Waals surface area contributed by atoms with E-state index >= 15 is 0 Å². The second-order valence-electron chi connectivity index (χ2n) is 3.09. The molecule has 0 unspecified atom stereocenters. The van der Waals surface area contributed by atoms with Gasteiger partial charge < -0.3 is 0 Å². The highest BCUT2D eigenvalue weighted by molar-refractivity contribution is 9.10. The van der Waals surface area contributed by atoms with E-state index in [0.29, 0.717) is 0 Å². The fraction of sp³-hybridized carbons (Fsp3) is 0.400. The van der Waals surface area contributed by atoms with E-state index < -0.39 is 10.1 Å². The summed E-state index contributed by atoms with van der Waals surface area (Å²) in [5.41, 5.74) is 0. The summed E-state index contributed by atoms with van der Waals surface area (Å²) in [5.74, 6) is 0. The lowest BCUT2D eigenvalue weighted by Gasteiger charge is -2.04. The summed E-state index contributed by atoms with van der Waals surface area (Å²) in [5, 5.41) is 0. The molecule has 0 aliphatic heterocycles. The van der Waals surface area contributed by atoms with Gasteiger partial charge in [-0.15, -0.1) is 0 Å². The Bertz CT molecular complexity index is 414. The fourth-order valence-electron chi connectivity index (χ4n) is 1.00. The molecule has 84 valence electrons. The van der Waals surface area contributed by atoms with Crippen LogP contribution in [0.4, 0.5) is 0 Å². The molecule has 15 heavy (non-hydrogen) atoms. The standard InChI is InChI=1S/C10H13BrO3S/c1-2-3-7-14-15(12,13)10-6-4-5-9(11)8-10/h4-6,8H,2-3,7H2,1H3. The second-order valence-corrected chi connectivity index (χ2v) is 5.62. The van der Waals surface area contributed by atoms with E-state index in [0.717, 1.165) is 17.3 Å². The lowest BCUT2D eigenvalue weighted by Crippen LogP contribution is -2.07. The maximum atomic E-state index is 11.6. The number of rotatable bonds is 5. The third-order valence-corrected chi connectivity index (χ3v) is 3.62. The molecular formula is C10H13BrO3S. The molecule has 3 nitrogen and oxygen atoms in total. The molecule has 0 spiro atoms. The Kier molecular flexibility index (Phi) is 4.76. The van der Waals surface area contributed by atoms with E-state index in [1.54, 1.807) is 12.1 Å². The van der Waals surface area contributed by atoms with Crippen molar-refractivity contribution in [3.8, 4) is 0 Å². The third-order valence-electron chi connectivity index (χ3n) is 1.82. The molecule has 0 amide bonds. The van der Waals surface area contributed by atoms with Crippen molar-refractivity contribution >= 4 is 26.0 Å². The Morgan fingerprint density at radius 3 is 2.73 bits per heavy atom. The van der Waals surface area contributed by atoms with Crippen molar-refractivity contribution < 1.29 is 12.6 Å². The predicted octanol–water partition coefficient (Wildman–Crippen LogP) is 2.95. The SMILES string of the molecule is CCCCOS(=O)(=O)c1cccc(Br)c1. The van der Waals surface area contributed by atoms with E-state index in [1.165, 1.54) is 12.1 Å². The summed E-state index contributed by atoms with van der Waals surface area (Å²) in [6, 6.07) is 6.48. The van der Waals surface area contributed by atoms with Crippen LogP contribution in [-0.4, -0.2) is 15.0 Å². The van der Waals surface area contributed by atoms with Gasteiger partial charge in [0, 0.05) is 4.47 Å². The number of hydrogen-bond donors (Lipinski definition) is 0. The first kappa shape index (κ1) is 12.7. The molecule has 0 bridgehead atoms. The average molecular weight is 293 g/mol. The molecule has 0 heterocycles. The van der Waals surface area contributed by atoms with Gasteiger partial charge in [0.05, 0.1) is 11.5 Å². The minimum absolute atomic E-state index is 0.188. The smallest absolute Gasteiger partial charge is 0.266 e. The van der Waals surface area contributed by atoms with Crippen LogP contribution in [0.3, 0.4) is 0 Å². The maximum absolute atomic E-state index is 11.6. The zero-order valence-corrected chi connectivity index (χ0v) is 10.8. The van der Waals surface area contributed by atoms with Crippen LogP contribution in [0.25, 0.3) is 0 Å². The van der Waals surface area contributed by atoms with E-state index in [-0.39, 0.29) is 11.5 Å². The van der Waals surface area contributed by atoms with Crippen LogP contribution < -0.4 is 0 Å². The first-order valence-electron chi connectivity index (χ1n) is 4.71. The lowest BCUT2D eigenvalue weighted by atomic mass is 10.4. The minimum atomic E-state index is -3.59. The van der Waals surface area contributed by atoms with E-state index in [9.17, 15) is 8.42 Å². The summed E-state index contributed by atoms with van der Waals surface area (Å²) < 4.78 is 28.8. The third kappa shape index (κ3) is 3.93. The van der Waals surface area contributed by atoms with Crippen LogP contribution >= 0.6 is 15.9 Å². The van der Waals surface area contributed by atoms with Crippen molar-refractivity contribution in [3.63, 3.8) is 0 Å². The van der Waals surface area contributed by atoms with E-state index in [2.05, 4.69) is 15.9 Å². The Morgan fingerprint density at radius 1 is 1.40 bits per heavy atom. The van der Waals surface area contributed by atoms with Crippen LogP contribution in [0, 0.1) is 0 Å². The topological polar surface area (TPSA) is 43.4 Å². The van der Waals surface area contributed by atoms with Crippen LogP contribution in [0.1, 0.15) is 19.8 Å². The summed E-state index contributed by atoms with van der Waals surface area (Å²) in [6.45, 7) is 2.22. The molecule has 0 radical (unpaired) electrons. The summed E-state index contributed by atoms with van der Waals surface area (Å²) >= 11 is 3.22. The van der Waals surface area contributed by atoms with Crippen molar-refractivity contribution in [2.24, 2.45) is 0 Å². The molecule has 0 aromatic heterocycles. The molecule has 1 aromatic rings. The van der Waals surface area contributed by atoms with Gasteiger partial charge in [-0.05, 0) is 24.6 Å². The Hall–Kier alpha value is -0.390. The number of benzene rings is 1. The highest BCUT2D eigenvalue weighted by Gasteiger charge is 2.14. The van der Waals surface area contributed by atoms with Gasteiger partial charge in [-0.1, -0.05) is 35.3 Å². The molecule has 1 rings (SSSR count). The normalized spacial score (nSPS) is 11.6. The quantitative estimate of drug-likeness (QED) is 0.619. The van der Waals surface area contributed by atoms with Gasteiger partial charge >= 0.3 is 0 Å². The van der Waals surface area contributed by atoms with Crippen molar-refractivity contribution in [1.29, 1.82) is 0 Å². The molecule has 0 aliphatic carbocycles. The average Bonchev–Trinajstić information content (AvgIpc) is 2.18. The van der Waals surface area contributed by atoms with Crippen molar-refractivity contribution in [2.75, 3.05) is 6.61 Å². The lowest BCUT2D eigenvalue weighted by molar-refractivity contribution is 0.311. The van der Waals surface area contributed by atoms with Gasteiger partial charge in [0.25, 0.3) is 10.1 Å². The zero-order valence-electron chi connectivity index (χ0n) is 8.44. The molecule has 0 saturated heterocycles. The number of halogens is 1. The highest BCUT2D eigenvalue weighted by Crippen LogP contribution is 2.18. The molecule has 1 aromatic carbocycles. The summed E-state index contributed by atoms with van der Waals surface area (Å²) in [6.07, 6.45) is 1.65. The number of unbranched alkanes of at least 4 members (excludes halogenated alkanes) is 1. The Balaban J connectivity index is 2.77. The first-order chi connectivity index (χ1) is 7.06. The largest absolute Gasteiger partial charge is 0.297 e. The van der Waals surface area contributed by atoms with E-state index in [4.69, 9.17) is 4.18 Å². The molecule has 0 atom stereocenters. The van der Waals surface area contributed by atoms with Crippen LogP contribution in [0.2, 0.25) is 0 Å². The van der Waals surface area contributed by atoms with E-state index in [1.807, 2.05) is 6.92 Å². The summed E-state index contributed by atoms with van der Waals surface area (Å²) in [7, 11) is -3.59. The number of hydrogen-bond acceptors (Lipinski definition) is 3. The Morgan fingerprint density at radius 2 is 2.13 bits per heavy atom. The van der Waals surface area contributed by atoms with Crippen LogP contribution in [-0.2, 0) is 14.3 Å². The molecular weight excluding hydrogens is 280 g/mol. The molecule has 0 N–H and O–H groups in total. The van der Waals surface area contributed by atoms with Crippen molar-refractivity contribution in [2.45, 2.75) is 24.7 Å².